The summed E-state index contributed by atoms with van der Waals surface area (Å²) in [4.78, 5) is 3.86. The monoisotopic (exact) mass is 267 g/mol. The molecule has 2 rings (SSSR count). The van der Waals surface area contributed by atoms with Crippen LogP contribution in [0.25, 0.3) is 0 Å². The molecule has 0 saturated carbocycles. The predicted molar refractivity (Wildman–Crippen MR) is 68.1 cm³/mol. The number of aryl methyl sites for hydroxylation is 1. The molecule has 100 valence electrons. The van der Waals surface area contributed by atoms with Crippen molar-refractivity contribution in [1.82, 2.24) is 4.98 Å². The van der Waals surface area contributed by atoms with Gasteiger partial charge in [-0.25, -0.2) is 4.98 Å². The van der Waals surface area contributed by atoms with Gasteiger partial charge in [-0.3, -0.25) is 0 Å². The van der Waals surface area contributed by atoms with Crippen molar-refractivity contribution in [3.8, 4) is 0 Å². The normalized spacial score (nSPS) is 11.4. The van der Waals surface area contributed by atoms with Crippen LogP contribution in [0.3, 0.4) is 0 Å². The number of halogens is 3. The van der Waals surface area contributed by atoms with Gasteiger partial charge >= 0.3 is 6.18 Å². The van der Waals surface area contributed by atoms with E-state index in [1.54, 1.807) is 18.2 Å². The number of nitrogens with one attached hydrogen (secondary N) is 1. The minimum Gasteiger partial charge on any atom is -0.384 e. The van der Waals surface area contributed by atoms with Gasteiger partial charge in [0.15, 0.2) is 0 Å². The smallest absolute Gasteiger partial charge is 0.384 e. The fourth-order valence-electron chi connectivity index (χ4n) is 1.65. The Morgan fingerprint density at radius 2 is 1.79 bits per heavy atom. The Labute approximate surface area is 108 Å². The van der Waals surface area contributed by atoms with Crippen LogP contribution in [0.4, 0.5) is 30.4 Å². The quantitative estimate of drug-likeness (QED) is 0.871. The number of alkyl halides is 3. The Bertz CT molecular complexity index is 577. The maximum atomic E-state index is 12.8. The number of rotatable bonds is 2. The first kappa shape index (κ1) is 13.2. The summed E-state index contributed by atoms with van der Waals surface area (Å²) in [5.41, 5.74) is 5.90. The molecule has 0 fully saturated rings. The Hall–Kier alpha value is -2.24. The van der Waals surface area contributed by atoms with Crippen molar-refractivity contribution in [2.45, 2.75) is 13.1 Å². The zero-order valence-electron chi connectivity index (χ0n) is 10.1. The summed E-state index contributed by atoms with van der Waals surface area (Å²) in [6.45, 7) is 1.43. The topological polar surface area (TPSA) is 50.9 Å². The molecular weight excluding hydrogens is 255 g/mol. The fourth-order valence-corrected chi connectivity index (χ4v) is 1.65. The molecule has 1 aromatic carbocycles. The molecule has 0 unspecified atom stereocenters. The van der Waals surface area contributed by atoms with Crippen molar-refractivity contribution >= 4 is 17.2 Å². The average Bonchev–Trinajstić information content (AvgIpc) is 2.33. The molecule has 0 spiro atoms. The van der Waals surface area contributed by atoms with Gasteiger partial charge in [-0.15, -0.1) is 0 Å². The zero-order valence-corrected chi connectivity index (χ0v) is 10.1. The number of aromatic nitrogens is 1. The van der Waals surface area contributed by atoms with Gasteiger partial charge in [-0.2, -0.15) is 13.2 Å². The maximum absolute atomic E-state index is 12.8. The lowest BCUT2D eigenvalue weighted by Crippen LogP contribution is -2.08. The van der Waals surface area contributed by atoms with Crippen LogP contribution in [-0.4, -0.2) is 4.98 Å². The van der Waals surface area contributed by atoms with Crippen LogP contribution in [0, 0.1) is 6.92 Å². The molecular formula is C13H12F3N3. The molecule has 0 aliphatic carbocycles. The van der Waals surface area contributed by atoms with E-state index in [4.69, 9.17) is 5.73 Å². The Kier molecular flexibility index (Phi) is 3.33. The number of anilines is 3. The van der Waals surface area contributed by atoms with Crippen LogP contribution in [0.15, 0.2) is 36.5 Å². The maximum Gasteiger partial charge on any atom is 0.416 e. The first-order valence-electron chi connectivity index (χ1n) is 5.52. The number of hydrogen-bond donors (Lipinski definition) is 2. The lowest BCUT2D eigenvalue weighted by Gasteiger charge is -2.13. The van der Waals surface area contributed by atoms with Gasteiger partial charge in [0.2, 0.25) is 0 Å². The van der Waals surface area contributed by atoms with Gasteiger partial charge in [-0.05, 0) is 36.8 Å². The second-order valence-corrected chi connectivity index (χ2v) is 4.12. The van der Waals surface area contributed by atoms with E-state index in [-0.39, 0.29) is 5.56 Å². The largest absolute Gasteiger partial charge is 0.416 e. The summed E-state index contributed by atoms with van der Waals surface area (Å²) in [5, 5.41) is 2.85. The molecule has 3 N–H and O–H groups in total. The van der Waals surface area contributed by atoms with Crippen LogP contribution >= 0.6 is 0 Å². The molecule has 19 heavy (non-hydrogen) atoms. The number of hydrogen-bond acceptors (Lipinski definition) is 3. The molecule has 0 amide bonds. The van der Waals surface area contributed by atoms with Crippen LogP contribution in [0.5, 0.6) is 0 Å². The minimum absolute atomic E-state index is 0.188. The van der Waals surface area contributed by atoms with E-state index in [2.05, 4.69) is 10.3 Å². The highest BCUT2D eigenvalue weighted by atomic mass is 19.4. The third-order valence-electron chi connectivity index (χ3n) is 2.62. The van der Waals surface area contributed by atoms with Gasteiger partial charge in [0.05, 0.1) is 17.4 Å². The van der Waals surface area contributed by atoms with E-state index in [0.29, 0.717) is 17.2 Å². The number of pyridine rings is 1. The summed E-state index contributed by atoms with van der Waals surface area (Å²) >= 11 is 0. The van der Waals surface area contributed by atoms with E-state index < -0.39 is 11.7 Å². The molecule has 6 heteroatoms. The number of nitrogens with two attached hydrogens (primary N) is 1. The fraction of sp³-hybridized carbons (Fsp3) is 0.154. The predicted octanol–water partition coefficient (Wildman–Crippen LogP) is 3.73. The van der Waals surface area contributed by atoms with Crippen LogP contribution in [-0.2, 0) is 6.18 Å². The highest BCUT2D eigenvalue weighted by molar-refractivity contribution is 5.61. The van der Waals surface area contributed by atoms with Crippen molar-refractivity contribution in [2.75, 3.05) is 11.1 Å². The Balaban J connectivity index is 2.29. The third-order valence-corrected chi connectivity index (χ3v) is 2.62. The lowest BCUT2D eigenvalue weighted by molar-refractivity contribution is -0.138. The lowest BCUT2D eigenvalue weighted by atomic mass is 10.1. The number of nitrogens with zero attached hydrogens (tertiary/aromatic N) is 1. The highest BCUT2D eigenvalue weighted by Gasteiger charge is 2.32. The summed E-state index contributed by atoms with van der Waals surface area (Å²) in [5.74, 6) is 0.352. The van der Waals surface area contributed by atoms with Gasteiger partial charge in [-0.1, -0.05) is 6.07 Å². The average molecular weight is 267 g/mol. The molecule has 0 saturated heterocycles. The molecule has 0 radical (unpaired) electrons. The van der Waals surface area contributed by atoms with E-state index in [1.807, 2.05) is 0 Å². The molecule has 0 atom stereocenters. The van der Waals surface area contributed by atoms with Crippen LogP contribution in [0.1, 0.15) is 11.1 Å². The second-order valence-electron chi connectivity index (χ2n) is 4.12. The van der Waals surface area contributed by atoms with Gasteiger partial charge in [0, 0.05) is 5.69 Å². The van der Waals surface area contributed by atoms with E-state index in [1.165, 1.54) is 19.2 Å². The summed E-state index contributed by atoms with van der Waals surface area (Å²) < 4.78 is 38.3. The van der Waals surface area contributed by atoms with Gasteiger partial charge < -0.3 is 11.1 Å². The molecule has 3 nitrogen and oxygen atoms in total. The number of benzene rings is 1. The van der Waals surface area contributed by atoms with Gasteiger partial charge in [0.25, 0.3) is 0 Å². The first-order chi connectivity index (χ1) is 8.86. The van der Waals surface area contributed by atoms with E-state index in [9.17, 15) is 13.2 Å². The number of nitrogen functional groups attached to an aromatic ring is 1. The molecule has 0 aliphatic rings. The Morgan fingerprint density at radius 3 is 2.37 bits per heavy atom. The molecule has 0 bridgehead atoms. The van der Waals surface area contributed by atoms with Crippen molar-refractivity contribution in [3.05, 3.63) is 47.7 Å². The molecule has 2 aromatic rings. The van der Waals surface area contributed by atoms with E-state index in [0.717, 1.165) is 6.07 Å². The minimum atomic E-state index is -4.36. The summed E-state index contributed by atoms with van der Waals surface area (Å²) in [6, 6.07) is 7.30. The van der Waals surface area contributed by atoms with Crippen molar-refractivity contribution in [2.24, 2.45) is 0 Å². The Morgan fingerprint density at radius 1 is 1.11 bits per heavy atom. The van der Waals surface area contributed by atoms with Crippen LogP contribution < -0.4 is 11.1 Å². The highest BCUT2D eigenvalue weighted by Crippen LogP contribution is 2.34. The first-order valence-corrected chi connectivity index (χ1v) is 5.52. The SMILES string of the molecule is Cc1ccc(Nc2ccc(N)nc2)cc1C(F)(F)F. The standard InChI is InChI=1S/C13H12F3N3/c1-8-2-3-9(6-11(8)13(14,15)16)19-10-4-5-12(17)18-7-10/h2-7,19H,1H3,(H2,17,18). The van der Waals surface area contributed by atoms with Crippen molar-refractivity contribution in [1.29, 1.82) is 0 Å². The summed E-state index contributed by atoms with van der Waals surface area (Å²) in [6.07, 6.45) is -2.90. The third kappa shape index (κ3) is 3.15. The molecule has 1 aromatic heterocycles. The van der Waals surface area contributed by atoms with Crippen molar-refractivity contribution in [3.63, 3.8) is 0 Å². The molecule has 1 heterocycles. The van der Waals surface area contributed by atoms with Gasteiger partial charge in [0.1, 0.15) is 5.82 Å². The van der Waals surface area contributed by atoms with E-state index >= 15 is 0 Å². The van der Waals surface area contributed by atoms with Crippen molar-refractivity contribution < 1.29 is 13.2 Å². The molecule has 0 aliphatic heterocycles. The zero-order chi connectivity index (χ0) is 14.0. The summed E-state index contributed by atoms with van der Waals surface area (Å²) in [7, 11) is 0. The second kappa shape index (κ2) is 4.79. The van der Waals surface area contributed by atoms with Crippen LogP contribution in [0.2, 0.25) is 0 Å².